The summed E-state index contributed by atoms with van der Waals surface area (Å²) >= 11 is 1.44. The van der Waals surface area contributed by atoms with Crippen LogP contribution in [0.3, 0.4) is 0 Å². The number of anilines is 2. The van der Waals surface area contributed by atoms with E-state index in [9.17, 15) is 4.79 Å². The standard InChI is InChI=1S/C21H24N6O2S/c1-14-13-17(25-29-14)22-19(28)18(15-7-3-2-4-8-15)30-21-24-23-20(26-11-5-6-12-26)27(21)16-9-10-16/h2-4,7-8,13,16,18H,5-6,9-12H2,1H3,(H,22,25,28). The number of thioether (sulfide) groups is 1. The minimum absolute atomic E-state index is 0.160. The lowest BCUT2D eigenvalue weighted by Crippen LogP contribution is -2.22. The van der Waals surface area contributed by atoms with E-state index in [-0.39, 0.29) is 5.91 Å². The average molecular weight is 425 g/mol. The number of hydrogen-bond donors (Lipinski definition) is 1. The largest absolute Gasteiger partial charge is 0.360 e. The molecule has 1 atom stereocenters. The smallest absolute Gasteiger partial charge is 0.243 e. The molecule has 0 radical (unpaired) electrons. The maximum atomic E-state index is 13.2. The van der Waals surface area contributed by atoms with Gasteiger partial charge in [-0.1, -0.05) is 47.3 Å². The van der Waals surface area contributed by atoms with Gasteiger partial charge in [0.1, 0.15) is 11.0 Å². The van der Waals surface area contributed by atoms with Crippen molar-refractivity contribution in [2.45, 2.75) is 49.1 Å². The predicted molar refractivity (Wildman–Crippen MR) is 115 cm³/mol. The molecule has 1 saturated carbocycles. The van der Waals surface area contributed by atoms with Gasteiger partial charge in [0.2, 0.25) is 11.9 Å². The van der Waals surface area contributed by atoms with Crippen LogP contribution in [-0.4, -0.2) is 38.9 Å². The molecule has 0 spiro atoms. The van der Waals surface area contributed by atoms with Crippen LogP contribution in [0.4, 0.5) is 11.8 Å². The van der Waals surface area contributed by atoms with Crippen LogP contribution < -0.4 is 10.2 Å². The quantitative estimate of drug-likeness (QED) is 0.574. The molecule has 30 heavy (non-hydrogen) atoms. The van der Waals surface area contributed by atoms with Crippen LogP contribution in [0.1, 0.15) is 48.3 Å². The van der Waals surface area contributed by atoms with Gasteiger partial charge in [0.15, 0.2) is 11.0 Å². The zero-order valence-electron chi connectivity index (χ0n) is 16.8. The van der Waals surface area contributed by atoms with E-state index in [4.69, 9.17) is 4.52 Å². The summed E-state index contributed by atoms with van der Waals surface area (Å²) in [7, 11) is 0. The second kappa shape index (κ2) is 8.14. The number of aromatic nitrogens is 4. The van der Waals surface area contributed by atoms with Gasteiger partial charge in [-0.05, 0) is 38.2 Å². The molecule has 3 heterocycles. The van der Waals surface area contributed by atoms with Crippen molar-refractivity contribution in [1.82, 2.24) is 19.9 Å². The van der Waals surface area contributed by atoms with Crippen molar-refractivity contribution < 1.29 is 9.32 Å². The Morgan fingerprint density at radius 2 is 1.97 bits per heavy atom. The summed E-state index contributed by atoms with van der Waals surface area (Å²) in [6.45, 7) is 3.83. The highest BCUT2D eigenvalue weighted by atomic mass is 32.2. The number of nitrogens with zero attached hydrogens (tertiary/aromatic N) is 5. The maximum absolute atomic E-state index is 13.2. The number of nitrogens with one attached hydrogen (secondary N) is 1. The highest BCUT2D eigenvalue weighted by molar-refractivity contribution is 8.00. The Labute approximate surface area is 179 Å². The first-order chi connectivity index (χ1) is 14.7. The SMILES string of the molecule is Cc1cc(NC(=O)C(Sc2nnc(N3CCCC3)n2C2CC2)c2ccccc2)no1. The van der Waals surface area contributed by atoms with Crippen molar-refractivity contribution in [1.29, 1.82) is 0 Å². The highest BCUT2D eigenvalue weighted by Gasteiger charge is 2.34. The van der Waals surface area contributed by atoms with Gasteiger partial charge in [0.05, 0.1) is 0 Å². The fourth-order valence-electron chi connectivity index (χ4n) is 3.76. The molecule has 1 amide bonds. The monoisotopic (exact) mass is 424 g/mol. The normalized spacial score (nSPS) is 17.3. The van der Waals surface area contributed by atoms with E-state index < -0.39 is 5.25 Å². The minimum atomic E-state index is -0.476. The number of amides is 1. The lowest BCUT2D eigenvalue weighted by atomic mass is 10.1. The number of aryl methyl sites for hydroxylation is 1. The summed E-state index contributed by atoms with van der Waals surface area (Å²) in [5, 5.41) is 16.1. The molecule has 9 heteroatoms. The van der Waals surface area contributed by atoms with Gasteiger partial charge < -0.3 is 14.7 Å². The summed E-state index contributed by atoms with van der Waals surface area (Å²) in [6, 6.07) is 11.9. The molecule has 2 aromatic heterocycles. The van der Waals surface area contributed by atoms with Crippen molar-refractivity contribution in [3.63, 3.8) is 0 Å². The molecule has 2 aliphatic rings. The van der Waals surface area contributed by atoms with Gasteiger partial charge in [0, 0.05) is 25.2 Å². The van der Waals surface area contributed by atoms with Crippen molar-refractivity contribution in [2.75, 3.05) is 23.3 Å². The third-order valence-electron chi connectivity index (χ3n) is 5.39. The molecule has 1 saturated heterocycles. The van der Waals surface area contributed by atoms with Gasteiger partial charge in [-0.15, -0.1) is 10.2 Å². The van der Waals surface area contributed by atoms with Crippen LogP contribution in [0.2, 0.25) is 0 Å². The van der Waals surface area contributed by atoms with E-state index in [0.717, 1.165) is 42.6 Å². The summed E-state index contributed by atoms with van der Waals surface area (Å²) in [4.78, 5) is 15.5. The second-order valence-electron chi connectivity index (χ2n) is 7.80. The Balaban J connectivity index is 1.44. The molecule has 1 aliphatic carbocycles. The molecule has 3 aromatic rings. The maximum Gasteiger partial charge on any atom is 0.243 e. The van der Waals surface area contributed by atoms with E-state index in [1.165, 1.54) is 24.6 Å². The number of carbonyl (C=O) groups is 1. The predicted octanol–water partition coefficient (Wildman–Crippen LogP) is 3.98. The molecule has 0 bridgehead atoms. The van der Waals surface area contributed by atoms with Gasteiger partial charge >= 0.3 is 0 Å². The Kier molecular flexibility index (Phi) is 5.20. The molecule has 1 aliphatic heterocycles. The van der Waals surface area contributed by atoms with E-state index >= 15 is 0 Å². The average Bonchev–Trinajstić information content (AvgIpc) is 3.13. The topological polar surface area (TPSA) is 89.1 Å². The van der Waals surface area contributed by atoms with E-state index in [2.05, 4.69) is 30.1 Å². The second-order valence-corrected chi connectivity index (χ2v) is 8.87. The molecule has 156 valence electrons. The Morgan fingerprint density at radius 3 is 2.63 bits per heavy atom. The van der Waals surface area contributed by atoms with Gasteiger partial charge in [-0.25, -0.2) is 0 Å². The molecule has 1 N–H and O–H groups in total. The minimum Gasteiger partial charge on any atom is -0.360 e. The number of benzene rings is 1. The van der Waals surface area contributed by atoms with Crippen molar-refractivity contribution in [2.24, 2.45) is 0 Å². The zero-order chi connectivity index (χ0) is 20.5. The summed E-state index contributed by atoms with van der Waals surface area (Å²) in [5.41, 5.74) is 0.910. The van der Waals surface area contributed by atoms with E-state index in [1.54, 1.807) is 13.0 Å². The molecule has 2 fully saturated rings. The van der Waals surface area contributed by atoms with Gasteiger partial charge in [0.25, 0.3) is 0 Å². The Hall–Kier alpha value is -2.81. The van der Waals surface area contributed by atoms with Crippen LogP contribution in [0, 0.1) is 6.92 Å². The molecular formula is C21H24N6O2S. The molecule has 5 rings (SSSR count). The first kappa shape index (κ1) is 19.2. The number of carbonyl (C=O) groups excluding carboxylic acids is 1. The first-order valence-corrected chi connectivity index (χ1v) is 11.2. The van der Waals surface area contributed by atoms with E-state index in [0.29, 0.717) is 17.6 Å². The molecule has 1 unspecified atom stereocenters. The molecular weight excluding hydrogens is 400 g/mol. The number of hydrogen-bond acceptors (Lipinski definition) is 7. The third kappa shape index (κ3) is 3.94. The summed E-state index contributed by atoms with van der Waals surface area (Å²) < 4.78 is 7.32. The fraction of sp³-hybridized carbons (Fsp3) is 0.429. The van der Waals surface area contributed by atoms with Crippen LogP contribution in [0.15, 0.2) is 46.1 Å². The van der Waals surface area contributed by atoms with Crippen LogP contribution in [0.5, 0.6) is 0 Å². The van der Waals surface area contributed by atoms with Crippen LogP contribution in [0.25, 0.3) is 0 Å². The van der Waals surface area contributed by atoms with Gasteiger partial charge in [-0.3, -0.25) is 9.36 Å². The van der Waals surface area contributed by atoms with Crippen LogP contribution >= 0.6 is 11.8 Å². The Morgan fingerprint density at radius 1 is 1.20 bits per heavy atom. The highest BCUT2D eigenvalue weighted by Crippen LogP contribution is 2.44. The lowest BCUT2D eigenvalue weighted by molar-refractivity contribution is -0.115. The molecule has 1 aromatic carbocycles. The van der Waals surface area contributed by atoms with E-state index in [1.807, 2.05) is 30.3 Å². The summed E-state index contributed by atoms with van der Waals surface area (Å²) in [5.74, 6) is 1.85. The fourth-order valence-corrected chi connectivity index (χ4v) is 4.86. The third-order valence-corrected chi connectivity index (χ3v) is 6.60. The zero-order valence-corrected chi connectivity index (χ0v) is 17.6. The first-order valence-electron chi connectivity index (χ1n) is 10.3. The summed E-state index contributed by atoms with van der Waals surface area (Å²) in [6.07, 6.45) is 4.64. The number of rotatable bonds is 7. The Bertz CT molecular complexity index is 1020. The molecule has 8 nitrogen and oxygen atoms in total. The van der Waals surface area contributed by atoms with Crippen molar-refractivity contribution >= 4 is 29.4 Å². The van der Waals surface area contributed by atoms with Crippen LogP contribution in [-0.2, 0) is 4.79 Å². The van der Waals surface area contributed by atoms with Crippen molar-refractivity contribution in [3.05, 3.63) is 47.7 Å². The van der Waals surface area contributed by atoms with Crippen molar-refractivity contribution in [3.8, 4) is 0 Å². The lowest BCUT2D eigenvalue weighted by Gasteiger charge is -2.19. The van der Waals surface area contributed by atoms with Gasteiger partial charge in [-0.2, -0.15) is 0 Å².